The van der Waals surface area contributed by atoms with Crippen LogP contribution in [0.15, 0.2) is 54.9 Å². The molecule has 0 unspecified atom stereocenters. The van der Waals surface area contributed by atoms with Gasteiger partial charge in [0, 0.05) is 62.4 Å². The van der Waals surface area contributed by atoms with Gasteiger partial charge in [0.25, 0.3) is 5.69 Å². The number of nitro groups is 1. The maximum atomic E-state index is 13.5. The minimum absolute atomic E-state index is 0.000659. The van der Waals surface area contributed by atoms with E-state index in [0.29, 0.717) is 50.6 Å². The van der Waals surface area contributed by atoms with Crippen molar-refractivity contribution in [2.75, 3.05) is 31.5 Å². The Hall–Kier alpha value is -4.68. The number of carbonyl (C=O) groups excluding carboxylic acids is 3. The molecule has 1 saturated carbocycles. The quantitative estimate of drug-likeness (QED) is 0.147. The summed E-state index contributed by atoms with van der Waals surface area (Å²) < 4.78 is 7.19. The van der Waals surface area contributed by atoms with Crippen LogP contribution in [0.4, 0.5) is 16.3 Å². The van der Waals surface area contributed by atoms with Crippen LogP contribution in [0.1, 0.15) is 96.6 Å². The van der Waals surface area contributed by atoms with Crippen molar-refractivity contribution < 1.29 is 24.0 Å². The minimum Gasteiger partial charge on any atom is -0.445 e. The topological polar surface area (TPSA) is 152 Å². The highest BCUT2D eigenvalue weighted by Crippen LogP contribution is 2.32. The maximum absolute atomic E-state index is 13.5. The van der Waals surface area contributed by atoms with Crippen molar-refractivity contribution >= 4 is 29.4 Å². The average Bonchev–Trinajstić information content (AvgIpc) is 3.39. The van der Waals surface area contributed by atoms with Gasteiger partial charge in [-0.15, -0.1) is 6.58 Å². The van der Waals surface area contributed by atoms with Gasteiger partial charge >= 0.3 is 6.09 Å². The van der Waals surface area contributed by atoms with Crippen LogP contribution in [0, 0.1) is 27.9 Å². The number of aryl methyl sites for hydroxylation is 1. The number of nitrogens with one attached hydrogen (secondary N) is 2. The molecule has 3 amide bonds. The number of amides is 3. The number of hydrogen-bond donors (Lipinski definition) is 2. The number of likely N-dealkylation sites (tertiary alicyclic amines) is 1. The van der Waals surface area contributed by atoms with Gasteiger partial charge in [-0.05, 0) is 81.4 Å². The van der Waals surface area contributed by atoms with Crippen molar-refractivity contribution in [1.82, 2.24) is 24.9 Å². The molecule has 3 heterocycles. The Kier molecular flexibility index (Phi) is 17.4. The van der Waals surface area contributed by atoms with Gasteiger partial charge < -0.3 is 25.2 Å². The van der Waals surface area contributed by atoms with Gasteiger partial charge in [-0.2, -0.15) is 5.10 Å². The number of ether oxygens (including phenoxy) is 1. The van der Waals surface area contributed by atoms with Gasteiger partial charge in [0.1, 0.15) is 12.4 Å². The van der Waals surface area contributed by atoms with Crippen LogP contribution in [-0.2, 0) is 34.5 Å². The Balaban J connectivity index is 0.000000959. The number of rotatable bonds is 10. The number of non-ortho nitro benzene ring substituents is 1. The summed E-state index contributed by atoms with van der Waals surface area (Å²) in [6.45, 7) is 14.5. The molecule has 1 aromatic carbocycles. The second kappa shape index (κ2) is 21.6. The molecule has 3 aliphatic rings. The Morgan fingerprint density at radius 1 is 1.04 bits per heavy atom. The minimum atomic E-state index is -0.470. The van der Waals surface area contributed by atoms with E-state index in [1.54, 1.807) is 21.7 Å². The number of hydrogen-bond acceptors (Lipinski definition) is 8. The third-order valence-electron chi connectivity index (χ3n) is 9.81. The molecule has 2 fully saturated rings. The molecular weight excluding hydrogens is 662 g/mol. The second-order valence-corrected chi connectivity index (χ2v) is 13.5. The first-order valence-corrected chi connectivity index (χ1v) is 18.9. The van der Waals surface area contributed by atoms with Crippen LogP contribution in [-0.4, -0.2) is 68.6 Å². The number of unbranched alkanes of at least 4 members (excludes halogenated alkanes) is 1. The SMILES string of the molecule is C/C=C1\CN(C(=O)C2CCC(CNC(=O)CC3CCN(C(=O)OCc4ccc([N+](=O)[O-])cc4)CC3)CC2)Cc2cnn(C)c2N1.C=CCCC.CC. The predicted octanol–water partition coefficient (Wildman–Crippen LogP) is 7.35. The van der Waals surface area contributed by atoms with Gasteiger partial charge in [0.2, 0.25) is 11.8 Å². The fraction of sp³-hybridized carbons (Fsp3) is 0.590. The Labute approximate surface area is 309 Å². The predicted molar refractivity (Wildman–Crippen MR) is 203 cm³/mol. The third kappa shape index (κ3) is 12.5. The smallest absolute Gasteiger partial charge is 0.410 e. The summed E-state index contributed by atoms with van der Waals surface area (Å²) in [6.07, 6.45) is 13.1. The highest BCUT2D eigenvalue weighted by molar-refractivity contribution is 5.80. The van der Waals surface area contributed by atoms with E-state index in [-0.39, 0.29) is 35.9 Å². The van der Waals surface area contributed by atoms with Crippen molar-refractivity contribution in [1.29, 1.82) is 0 Å². The van der Waals surface area contributed by atoms with Crippen LogP contribution in [0.2, 0.25) is 0 Å². The number of aromatic nitrogens is 2. The standard InChI is InChI=1S/C32H43N7O6.C5H10.C2H6/c1-3-27-20-38(19-26-18-34-36(2)30(26)35-27)31(41)25-8-4-23(5-9-25)17-33-29(40)16-22-12-14-37(15-13-22)32(42)45-21-24-6-10-28(11-7-24)39(43)44;1-3-5-4-2;1-2/h3,6-7,10-11,18,22-23,25,35H,4-5,8-9,12-17,19-21H2,1-2H3,(H,33,40);3H,1,4-5H2,2H3;1-2H3/b27-3+;;. The molecule has 2 aliphatic heterocycles. The molecule has 0 atom stereocenters. The molecule has 13 heteroatoms. The van der Waals surface area contributed by atoms with E-state index in [1.807, 2.05) is 51.1 Å². The summed E-state index contributed by atoms with van der Waals surface area (Å²) in [5.41, 5.74) is 2.68. The first-order chi connectivity index (χ1) is 25.1. The van der Waals surface area contributed by atoms with Crippen LogP contribution >= 0.6 is 0 Å². The molecule has 0 spiro atoms. The highest BCUT2D eigenvalue weighted by atomic mass is 16.6. The van der Waals surface area contributed by atoms with E-state index in [1.165, 1.54) is 18.6 Å². The maximum Gasteiger partial charge on any atom is 0.410 e. The molecule has 0 bridgehead atoms. The first-order valence-electron chi connectivity index (χ1n) is 18.9. The molecular formula is C39H59N7O6. The number of carbonyl (C=O) groups is 3. The average molecular weight is 722 g/mol. The Morgan fingerprint density at radius 3 is 2.29 bits per heavy atom. The summed E-state index contributed by atoms with van der Waals surface area (Å²) in [5.74, 6) is 1.74. The first kappa shape index (κ1) is 41.7. The van der Waals surface area contributed by atoms with Crippen molar-refractivity contribution in [3.63, 3.8) is 0 Å². The van der Waals surface area contributed by atoms with Gasteiger partial charge in [-0.3, -0.25) is 24.4 Å². The van der Waals surface area contributed by atoms with Crippen molar-refractivity contribution in [3.05, 3.63) is 76.1 Å². The van der Waals surface area contributed by atoms with E-state index in [9.17, 15) is 24.5 Å². The van der Waals surface area contributed by atoms with Crippen LogP contribution in [0.5, 0.6) is 0 Å². The fourth-order valence-electron chi connectivity index (χ4n) is 6.68. The summed E-state index contributed by atoms with van der Waals surface area (Å²) in [4.78, 5) is 52.6. The lowest BCUT2D eigenvalue weighted by atomic mass is 9.81. The van der Waals surface area contributed by atoms with E-state index >= 15 is 0 Å². The van der Waals surface area contributed by atoms with E-state index < -0.39 is 11.0 Å². The van der Waals surface area contributed by atoms with Gasteiger partial charge in [0.05, 0.1) is 24.2 Å². The largest absolute Gasteiger partial charge is 0.445 e. The van der Waals surface area contributed by atoms with Crippen molar-refractivity contribution in [3.8, 4) is 0 Å². The fourth-order valence-corrected chi connectivity index (χ4v) is 6.68. The number of nitro benzene ring substituents is 1. The number of nitrogens with zero attached hydrogens (tertiary/aromatic N) is 5. The Bertz CT molecular complexity index is 1490. The number of allylic oxidation sites excluding steroid dienone is 2. The normalized spacial score (nSPS) is 19.4. The molecule has 2 aromatic rings. The van der Waals surface area contributed by atoms with Crippen LogP contribution in [0.3, 0.4) is 0 Å². The van der Waals surface area contributed by atoms with E-state index in [4.69, 9.17) is 4.74 Å². The molecule has 1 saturated heterocycles. The zero-order valence-electron chi connectivity index (χ0n) is 31.8. The van der Waals surface area contributed by atoms with Gasteiger partial charge in [0.15, 0.2) is 0 Å². The van der Waals surface area contributed by atoms with Crippen LogP contribution < -0.4 is 10.6 Å². The molecule has 1 aromatic heterocycles. The van der Waals surface area contributed by atoms with Crippen molar-refractivity contribution in [2.24, 2.45) is 24.8 Å². The number of anilines is 1. The van der Waals surface area contributed by atoms with Crippen LogP contribution in [0.25, 0.3) is 0 Å². The molecule has 1 aliphatic carbocycles. The van der Waals surface area contributed by atoms with Gasteiger partial charge in [-0.25, -0.2) is 4.79 Å². The molecule has 286 valence electrons. The monoisotopic (exact) mass is 721 g/mol. The molecule has 5 rings (SSSR count). The number of piperidine rings is 1. The lowest BCUT2D eigenvalue weighted by Crippen LogP contribution is -2.41. The van der Waals surface area contributed by atoms with Crippen molar-refractivity contribution in [2.45, 2.75) is 98.6 Å². The van der Waals surface area contributed by atoms with Gasteiger partial charge in [-0.1, -0.05) is 39.3 Å². The van der Waals surface area contributed by atoms with E-state index in [0.717, 1.165) is 62.0 Å². The Morgan fingerprint density at radius 2 is 1.71 bits per heavy atom. The summed E-state index contributed by atoms with van der Waals surface area (Å²) in [7, 11) is 1.90. The van der Waals surface area contributed by atoms with E-state index in [2.05, 4.69) is 29.2 Å². The third-order valence-corrected chi connectivity index (χ3v) is 9.81. The zero-order valence-corrected chi connectivity index (χ0v) is 31.8. The summed E-state index contributed by atoms with van der Waals surface area (Å²) in [6, 6.07) is 5.93. The number of fused-ring (bicyclic) bond motifs is 1. The summed E-state index contributed by atoms with van der Waals surface area (Å²) >= 11 is 0. The summed E-state index contributed by atoms with van der Waals surface area (Å²) in [5, 5.41) is 21.7. The highest BCUT2D eigenvalue weighted by Gasteiger charge is 2.32. The lowest BCUT2D eigenvalue weighted by molar-refractivity contribution is -0.384. The molecule has 13 nitrogen and oxygen atoms in total. The molecule has 52 heavy (non-hydrogen) atoms. The molecule has 2 N–H and O–H groups in total. The zero-order chi connectivity index (χ0) is 38.0. The molecule has 0 radical (unpaired) electrons. The second-order valence-electron chi connectivity index (χ2n) is 13.5. The lowest BCUT2D eigenvalue weighted by Gasteiger charge is -2.32. The number of benzene rings is 1.